The second-order valence-corrected chi connectivity index (χ2v) is 5.76. The molecule has 0 radical (unpaired) electrons. The summed E-state index contributed by atoms with van der Waals surface area (Å²) < 4.78 is 1.14. The first-order valence-electron chi connectivity index (χ1n) is 4.85. The molecule has 2 rings (SSSR count). The average Bonchev–Trinajstić information content (AvgIpc) is 2.56. The van der Waals surface area contributed by atoms with Crippen molar-refractivity contribution in [3.05, 3.63) is 28.7 Å². The van der Waals surface area contributed by atoms with E-state index in [4.69, 9.17) is 0 Å². The Kier molecular flexibility index (Phi) is 3.39. The van der Waals surface area contributed by atoms with Crippen LogP contribution in [0.5, 0.6) is 0 Å². The number of hydrogen-bond donors (Lipinski definition) is 1. The number of anilines is 1. The van der Waals surface area contributed by atoms with Gasteiger partial charge in [-0.1, -0.05) is 22.9 Å². The molecular weight excluding hydrogens is 258 g/mol. The monoisotopic (exact) mass is 271 g/mol. The standard InChI is InChI=1S/C11H14BrNS/c1-8-6-14-7-11(8)13-10-4-2-9(12)3-5-10/h2-5,8,11,13H,6-7H2,1H3. The minimum Gasteiger partial charge on any atom is -0.381 e. The van der Waals surface area contributed by atoms with Crippen molar-refractivity contribution in [2.24, 2.45) is 5.92 Å². The number of halogens is 1. The highest BCUT2D eigenvalue weighted by Gasteiger charge is 2.23. The van der Waals surface area contributed by atoms with E-state index >= 15 is 0 Å². The molecule has 0 aliphatic carbocycles. The van der Waals surface area contributed by atoms with Crippen LogP contribution in [0.3, 0.4) is 0 Å². The van der Waals surface area contributed by atoms with Crippen molar-refractivity contribution in [2.45, 2.75) is 13.0 Å². The fraction of sp³-hybridized carbons (Fsp3) is 0.455. The fourth-order valence-electron chi connectivity index (χ4n) is 1.61. The molecule has 1 fully saturated rings. The SMILES string of the molecule is CC1CSCC1Nc1ccc(Br)cc1. The van der Waals surface area contributed by atoms with Crippen LogP contribution in [-0.2, 0) is 0 Å². The van der Waals surface area contributed by atoms with Crippen LogP contribution in [0.25, 0.3) is 0 Å². The summed E-state index contributed by atoms with van der Waals surface area (Å²) in [5, 5.41) is 3.58. The Hall–Kier alpha value is -0.150. The van der Waals surface area contributed by atoms with E-state index in [9.17, 15) is 0 Å². The van der Waals surface area contributed by atoms with Crippen molar-refractivity contribution in [2.75, 3.05) is 16.8 Å². The van der Waals surface area contributed by atoms with Crippen molar-refractivity contribution in [3.63, 3.8) is 0 Å². The summed E-state index contributed by atoms with van der Waals surface area (Å²) in [6, 6.07) is 9.05. The van der Waals surface area contributed by atoms with E-state index in [-0.39, 0.29) is 0 Å². The molecule has 2 unspecified atom stereocenters. The van der Waals surface area contributed by atoms with Gasteiger partial charge in [0, 0.05) is 22.0 Å². The normalized spacial score (nSPS) is 26.4. The fourth-order valence-corrected chi connectivity index (χ4v) is 3.28. The van der Waals surface area contributed by atoms with E-state index in [1.54, 1.807) is 0 Å². The molecule has 0 amide bonds. The molecule has 76 valence electrons. The lowest BCUT2D eigenvalue weighted by Gasteiger charge is -2.17. The highest BCUT2D eigenvalue weighted by Crippen LogP contribution is 2.26. The number of benzene rings is 1. The van der Waals surface area contributed by atoms with Gasteiger partial charge in [0.15, 0.2) is 0 Å². The van der Waals surface area contributed by atoms with Gasteiger partial charge in [0.05, 0.1) is 0 Å². The van der Waals surface area contributed by atoms with E-state index < -0.39 is 0 Å². The molecule has 1 aliphatic heterocycles. The summed E-state index contributed by atoms with van der Waals surface area (Å²) in [7, 11) is 0. The van der Waals surface area contributed by atoms with Gasteiger partial charge in [-0.2, -0.15) is 11.8 Å². The zero-order valence-electron chi connectivity index (χ0n) is 8.16. The predicted octanol–water partition coefficient (Wildman–Crippen LogP) is 3.61. The molecule has 0 bridgehead atoms. The van der Waals surface area contributed by atoms with Crippen molar-refractivity contribution >= 4 is 33.4 Å². The maximum Gasteiger partial charge on any atom is 0.0385 e. The minimum atomic E-state index is 0.640. The quantitative estimate of drug-likeness (QED) is 0.882. The molecule has 0 saturated carbocycles. The van der Waals surface area contributed by atoms with Crippen molar-refractivity contribution in [1.29, 1.82) is 0 Å². The maximum absolute atomic E-state index is 3.58. The Morgan fingerprint density at radius 3 is 2.57 bits per heavy atom. The van der Waals surface area contributed by atoms with Crippen LogP contribution in [0.15, 0.2) is 28.7 Å². The second-order valence-electron chi connectivity index (χ2n) is 3.77. The Balaban J connectivity index is 2.00. The summed E-state index contributed by atoms with van der Waals surface area (Å²) in [6.07, 6.45) is 0. The second kappa shape index (κ2) is 4.58. The van der Waals surface area contributed by atoms with E-state index in [2.05, 4.69) is 52.4 Å². The Labute approximate surface area is 97.8 Å². The molecule has 1 nitrogen and oxygen atoms in total. The molecule has 1 aromatic carbocycles. The van der Waals surface area contributed by atoms with Gasteiger partial charge in [-0.05, 0) is 35.9 Å². The van der Waals surface area contributed by atoms with Gasteiger partial charge in [0.2, 0.25) is 0 Å². The Morgan fingerprint density at radius 1 is 1.29 bits per heavy atom. The maximum atomic E-state index is 3.58. The van der Waals surface area contributed by atoms with Gasteiger partial charge in [-0.3, -0.25) is 0 Å². The first kappa shape index (κ1) is 10.4. The van der Waals surface area contributed by atoms with Gasteiger partial charge >= 0.3 is 0 Å². The van der Waals surface area contributed by atoms with Gasteiger partial charge in [0.25, 0.3) is 0 Å². The number of hydrogen-bond acceptors (Lipinski definition) is 2. The van der Waals surface area contributed by atoms with Crippen molar-refractivity contribution in [3.8, 4) is 0 Å². The number of rotatable bonds is 2. The summed E-state index contributed by atoms with van der Waals surface area (Å²) in [5.41, 5.74) is 1.23. The van der Waals surface area contributed by atoms with Crippen LogP contribution < -0.4 is 5.32 Å². The lowest BCUT2D eigenvalue weighted by atomic mass is 10.1. The van der Waals surface area contributed by atoms with Crippen LogP contribution in [0, 0.1) is 5.92 Å². The van der Waals surface area contributed by atoms with E-state index in [0.717, 1.165) is 10.4 Å². The molecule has 0 spiro atoms. The molecule has 1 aromatic rings. The van der Waals surface area contributed by atoms with Crippen LogP contribution in [0.1, 0.15) is 6.92 Å². The summed E-state index contributed by atoms with van der Waals surface area (Å²) >= 11 is 5.48. The zero-order valence-corrected chi connectivity index (χ0v) is 10.6. The molecule has 1 aliphatic rings. The van der Waals surface area contributed by atoms with Gasteiger partial charge < -0.3 is 5.32 Å². The molecule has 1 N–H and O–H groups in total. The van der Waals surface area contributed by atoms with Gasteiger partial charge in [0.1, 0.15) is 0 Å². The molecule has 1 saturated heterocycles. The van der Waals surface area contributed by atoms with Crippen molar-refractivity contribution < 1.29 is 0 Å². The van der Waals surface area contributed by atoms with E-state index in [0.29, 0.717) is 6.04 Å². The van der Waals surface area contributed by atoms with Crippen LogP contribution >= 0.6 is 27.7 Å². The third kappa shape index (κ3) is 2.45. The molecule has 1 heterocycles. The topological polar surface area (TPSA) is 12.0 Å². The summed E-state index contributed by atoms with van der Waals surface area (Å²) in [6.45, 7) is 2.32. The van der Waals surface area contributed by atoms with Gasteiger partial charge in [-0.25, -0.2) is 0 Å². The third-order valence-electron chi connectivity index (χ3n) is 2.56. The highest BCUT2D eigenvalue weighted by atomic mass is 79.9. The largest absolute Gasteiger partial charge is 0.381 e. The lowest BCUT2D eigenvalue weighted by molar-refractivity contribution is 0.599. The predicted molar refractivity (Wildman–Crippen MR) is 68.0 cm³/mol. The van der Waals surface area contributed by atoms with Crippen LogP contribution in [0.4, 0.5) is 5.69 Å². The lowest BCUT2D eigenvalue weighted by Crippen LogP contribution is -2.25. The smallest absolute Gasteiger partial charge is 0.0385 e. The minimum absolute atomic E-state index is 0.640. The molecule has 14 heavy (non-hydrogen) atoms. The summed E-state index contributed by atoms with van der Waals surface area (Å²) in [5.74, 6) is 3.30. The van der Waals surface area contributed by atoms with E-state index in [1.165, 1.54) is 17.2 Å². The van der Waals surface area contributed by atoms with Crippen LogP contribution in [-0.4, -0.2) is 17.5 Å². The number of thioether (sulfide) groups is 1. The number of nitrogens with one attached hydrogen (secondary N) is 1. The Morgan fingerprint density at radius 2 is 2.00 bits per heavy atom. The summed E-state index contributed by atoms with van der Waals surface area (Å²) in [4.78, 5) is 0. The van der Waals surface area contributed by atoms with Crippen LogP contribution in [0.2, 0.25) is 0 Å². The highest BCUT2D eigenvalue weighted by molar-refractivity contribution is 9.10. The molecule has 2 atom stereocenters. The van der Waals surface area contributed by atoms with Crippen molar-refractivity contribution in [1.82, 2.24) is 0 Å². The molecular formula is C11H14BrNS. The first-order valence-corrected chi connectivity index (χ1v) is 6.80. The van der Waals surface area contributed by atoms with E-state index in [1.807, 2.05) is 11.8 Å². The third-order valence-corrected chi connectivity index (χ3v) is 4.45. The van der Waals surface area contributed by atoms with Gasteiger partial charge in [-0.15, -0.1) is 0 Å². The zero-order chi connectivity index (χ0) is 9.97. The Bertz CT molecular complexity index is 299. The molecule has 0 aromatic heterocycles. The molecule has 3 heteroatoms. The average molecular weight is 272 g/mol. The first-order chi connectivity index (χ1) is 6.75.